The fraction of sp³-hybridized carbons (Fsp3) is 0.217. The van der Waals surface area contributed by atoms with Crippen LogP contribution >= 0.6 is 22.6 Å². The molecule has 1 atom stereocenters. The summed E-state index contributed by atoms with van der Waals surface area (Å²) in [5.74, 6) is -0.393. The van der Waals surface area contributed by atoms with Crippen LogP contribution in [0.15, 0.2) is 77.7 Å². The molecule has 3 aromatic carbocycles. The lowest BCUT2D eigenvalue weighted by Crippen LogP contribution is -2.34. The number of aryl methyl sites for hydroxylation is 1. The van der Waals surface area contributed by atoms with Gasteiger partial charge in [-0.1, -0.05) is 49.4 Å². The Morgan fingerprint density at radius 2 is 1.66 bits per heavy atom. The monoisotopic (exact) mass is 523 g/mol. The van der Waals surface area contributed by atoms with E-state index in [-0.39, 0.29) is 11.4 Å². The summed E-state index contributed by atoms with van der Waals surface area (Å²) >= 11 is 2.14. The molecular formula is C23H23FINO2S. The first kappa shape index (κ1) is 21.9. The van der Waals surface area contributed by atoms with Crippen molar-refractivity contribution in [2.75, 3.05) is 0 Å². The van der Waals surface area contributed by atoms with E-state index in [2.05, 4.69) is 22.6 Å². The molecule has 0 aliphatic carbocycles. The van der Waals surface area contributed by atoms with Gasteiger partial charge in [-0.05, 0) is 77.4 Å². The number of nitrogens with zero attached hydrogens (tertiary/aromatic N) is 1. The van der Waals surface area contributed by atoms with Crippen LogP contribution in [0.1, 0.15) is 36.1 Å². The molecule has 0 amide bonds. The predicted molar refractivity (Wildman–Crippen MR) is 122 cm³/mol. The van der Waals surface area contributed by atoms with E-state index in [1.54, 1.807) is 36.4 Å². The highest BCUT2D eigenvalue weighted by molar-refractivity contribution is 14.1. The fourth-order valence-electron chi connectivity index (χ4n) is 3.33. The molecule has 3 nitrogen and oxygen atoms in total. The highest BCUT2D eigenvalue weighted by Gasteiger charge is 2.32. The molecule has 0 aliphatic rings. The second kappa shape index (κ2) is 9.36. The number of halogens is 2. The van der Waals surface area contributed by atoms with E-state index in [4.69, 9.17) is 0 Å². The van der Waals surface area contributed by atoms with E-state index in [0.717, 1.165) is 14.7 Å². The summed E-state index contributed by atoms with van der Waals surface area (Å²) in [6.07, 6.45) is 0.571. The third-order valence-corrected chi connectivity index (χ3v) is 7.46. The molecule has 0 heterocycles. The molecule has 0 N–H and O–H groups in total. The Labute approximate surface area is 185 Å². The van der Waals surface area contributed by atoms with Gasteiger partial charge in [-0.2, -0.15) is 4.31 Å². The Bertz CT molecular complexity index is 1070. The summed E-state index contributed by atoms with van der Waals surface area (Å²) in [5, 5.41) is 0. The van der Waals surface area contributed by atoms with Crippen LogP contribution in [-0.4, -0.2) is 12.7 Å². The van der Waals surface area contributed by atoms with Gasteiger partial charge in [0.05, 0.1) is 10.9 Å². The lowest BCUT2D eigenvalue weighted by molar-refractivity contribution is 0.306. The predicted octanol–water partition coefficient (Wildman–Crippen LogP) is 6.08. The maximum Gasteiger partial charge on any atom is 0.243 e. The van der Waals surface area contributed by atoms with Crippen molar-refractivity contribution in [3.05, 3.63) is 98.9 Å². The maximum absolute atomic E-state index is 14.6. The van der Waals surface area contributed by atoms with Gasteiger partial charge in [-0.3, -0.25) is 0 Å². The molecule has 0 fully saturated rings. The van der Waals surface area contributed by atoms with Gasteiger partial charge < -0.3 is 0 Å². The van der Waals surface area contributed by atoms with Crippen molar-refractivity contribution in [3.63, 3.8) is 0 Å². The van der Waals surface area contributed by atoms with E-state index < -0.39 is 21.9 Å². The zero-order valence-corrected chi connectivity index (χ0v) is 19.3. The summed E-state index contributed by atoms with van der Waals surface area (Å²) in [6.45, 7) is 3.72. The summed E-state index contributed by atoms with van der Waals surface area (Å²) in [7, 11) is -3.84. The third-order valence-electron chi connectivity index (χ3n) is 4.87. The Hall–Kier alpha value is -1.77. The SMILES string of the molecule is CCC(c1ccccc1)N(Cc1ccc(C)cc1F)S(=O)(=O)c1ccc(I)cc1. The smallest absolute Gasteiger partial charge is 0.207 e. The Morgan fingerprint density at radius 3 is 2.24 bits per heavy atom. The topological polar surface area (TPSA) is 37.4 Å². The molecule has 0 aromatic heterocycles. The molecule has 6 heteroatoms. The van der Waals surface area contributed by atoms with E-state index in [1.807, 2.05) is 44.2 Å². The molecule has 0 aliphatic heterocycles. The molecule has 0 spiro atoms. The quantitative estimate of drug-likeness (QED) is 0.352. The average molecular weight is 523 g/mol. The van der Waals surface area contributed by atoms with E-state index >= 15 is 0 Å². The fourth-order valence-corrected chi connectivity index (χ4v) is 5.36. The van der Waals surface area contributed by atoms with Crippen molar-refractivity contribution in [1.82, 2.24) is 4.31 Å². The zero-order valence-electron chi connectivity index (χ0n) is 16.3. The molecule has 0 saturated carbocycles. The molecule has 152 valence electrons. The summed E-state index contributed by atoms with van der Waals surface area (Å²) in [5.41, 5.74) is 2.05. The van der Waals surface area contributed by atoms with Crippen molar-refractivity contribution in [2.24, 2.45) is 0 Å². The van der Waals surface area contributed by atoms with Crippen molar-refractivity contribution >= 4 is 32.6 Å². The number of sulfonamides is 1. The molecule has 3 aromatic rings. The first-order chi connectivity index (χ1) is 13.8. The van der Waals surface area contributed by atoms with Crippen LogP contribution in [-0.2, 0) is 16.6 Å². The van der Waals surface area contributed by atoms with Gasteiger partial charge in [0.1, 0.15) is 5.82 Å². The van der Waals surface area contributed by atoms with Crippen molar-refractivity contribution in [2.45, 2.75) is 37.8 Å². The van der Waals surface area contributed by atoms with Gasteiger partial charge in [-0.15, -0.1) is 0 Å². The Balaban J connectivity index is 2.11. The highest BCUT2D eigenvalue weighted by Crippen LogP contribution is 2.32. The van der Waals surface area contributed by atoms with Gasteiger partial charge in [0.15, 0.2) is 0 Å². The highest BCUT2D eigenvalue weighted by atomic mass is 127. The zero-order chi connectivity index (χ0) is 21.0. The van der Waals surface area contributed by atoms with Crippen molar-refractivity contribution in [3.8, 4) is 0 Å². The molecule has 3 rings (SSSR count). The first-order valence-electron chi connectivity index (χ1n) is 9.40. The summed E-state index contributed by atoms with van der Waals surface area (Å²) in [4.78, 5) is 0.208. The third kappa shape index (κ3) is 5.05. The van der Waals surface area contributed by atoms with Crippen LogP contribution in [0.25, 0.3) is 0 Å². The minimum atomic E-state index is -3.84. The maximum atomic E-state index is 14.6. The van der Waals surface area contributed by atoms with Crippen LogP contribution in [0.2, 0.25) is 0 Å². The van der Waals surface area contributed by atoms with E-state index in [0.29, 0.717) is 12.0 Å². The normalized spacial score (nSPS) is 12.9. The van der Waals surface area contributed by atoms with Crippen LogP contribution in [0.5, 0.6) is 0 Å². The minimum absolute atomic E-state index is 0.0339. The second-order valence-corrected chi connectivity index (χ2v) is 10.1. The van der Waals surface area contributed by atoms with Crippen LogP contribution in [0.3, 0.4) is 0 Å². The van der Waals surface area contributed by atoms with E-state index in [9.17, 15) is 12.8 Å². The first-order valence-corrected chi connectivity index (χ1v) is 11.9. The Kier molecular flexibility index (Phi) is 7.08. The standard InChI is InChI=1S/C23H23FINO2S/c1-3-23(18-7-5-4-6-8-18)26(16-19-10-9-17(2)15-22(19)24)29(27,28)21-13-11-20(25)12-14-21/h4-15,23H,3,16H2,1-2H3. The summed E-state index contributed by atoms with van der Waals surface area (Å²) in [6, 6.07) is 20.7. The molecular weight excluding hydrogens is 500 g/mol. The molecule has 29 heavy (non-hydrogen) atoms. The van der Waals surface area contributed by atoms with Crippen molar-refractivity contribution in [1.29, 1.82) is 0 Å². The molecule has 0 saturated heterocycles. The second-order valence-electron chi connectivity index (χ2n) is 6.93. The van der Waals surface area contributed by atoms with E-state index in [1.165, 1.54) is 10.4 Å². The van der Waals surface area contributed by atoms with Gasteiger partial charge in [0.2, 0.25) is 10.0 Å². The number of hydrogen-bond donors (Lipinski definition) is 0. The lowest BCUT2D eigenvalue weighted by atomic mass is 10.0. The molecule has 1 unspecified atom stereocenters. The van der Waals surface area contributed by atoms with Gasteiger partial charge in [0.25, 0.3) is 0 Å². The number of rotatable bonds is 7. The average Bonchev–Trinajstić information content (AvgIpc) is 2.70. The number of hydrogen-bond acceptors (Lipinski definition) is 2. The molecule has 0 bridgehead atoms. The van der Waals surface area contributed by atoms with Crippen LogP contribution in [0.4, 0.5) is 4.39 Å². The van der Waals surface area contributed by atoms with Crippen molar-refractivity contribution < 1.29 is 12.8 Å². The van der Waals surface area contributed by atoms with Gasteiger partial charge in [0, 0.05) is 15.7 Å². The van der Waals surface area contributed by atoms with Crippen LogP contribution in [0, 0.1) is 16.3 Å². The van der Waals surface area contributed by atoms with Gasteiger partial charge >= 0.3 is 0 Å². The molecule has 0 radical (unpaired) electrons. The summed E-state index contributed by atoms with van der Waals surface area (Å²) < 4.78 is 44.2. The minimum Gasteiger partial charge on any atom is -0.207 e. The lowest BCUT2D eigenvalue weighted by Gasteiger charge is -2.31. The number of benzene rings is 3. The Morgan fingerprint density at radius 1 is 1.00 bits per heavy atom. The van der Waals surface area contributed by atoms with Crippen LogP contribution < -0.4 is 0 Å². The van der Waals surface area contributed by atoms with Gasteiger partial charge in [-0.25, -0.2) is 12.8 Å². The largest absolute Gasteiger partial charge is 0.243 e.